The van der Waals surface area contributed by atoms with Crippen LogP contribution in [0.1, 0.15) is 12.0 Å². The molecule has 1 aliphatic rings. The van der Waals surface area contributed by atoms with Crippen LogP contribution in [0.25, 0.3) is 5.69 Å². The van der Waals surface area contributed by atoms with E-state index in [-0.39, 0.29) is 0 Å². The first-order valence-electron chi connectivity index (χ1n) is 6.77. The van der Waals surface area contributed by atoms with Crippen molar-refractivity contribution in [3.05, 3.63) is 48.5 Å². The van der Waals surface area contributed by atoms with Crippen molar-refractivity contribution in [1.82, 2.24) is 14.9 Å². The van der Waals surface area contributed by atoms with Gasteiger partial charge in [0.1, 0.15) is 0 Å². The van der Waals surface area contributed by atoms with E-state index >= 15 is 0 Å². The molecule has 0 amide bonds. The van der Waals surface area contributed by atoms with Crippen LogP contribution in [0.5, 0.6) is 0 Å². The van der Waals surface area contributed by atoms with E-state index in [9.17, 15) is 0 Å². The van der Waals surface area contributed by atoms with Crippen molar-refractivity contribution < 1.29 is 0 Å². The maximum absolute atomic E-state index is 4.06. The normalized spacial score (nSPS) is 18.8. The van der Waals surface area contributed by atoms with Gasteiger partial charge >= 0.3 is 0 Å². The van der Waals surface area contributed by atoms with Gasteiger partial charge in [-0.05, 0) is 48.1 Å². The number of rotatable bonds is 5. The fourth-order valence-electron chi connectivity index (χ4n) is 2.36. The van der Waals surface area contributed by atoms with E-state index in [0.29, 0.717) is 0 Å². The molecule has 0 radical (unpaired) electrons. The van der Waals surface area contributed by atoms with Crippen LogP contribution in [0.2, 0.25) is 0 Å². The summed E-state index contributed by atoms with van der Waals surface area (Å²) in [5, 5.41) is 3.57. The maximum atomic E-state index is 4.06. The Hall–Kier alpha value is -1.26. The molecule has 4 heteroatoms. The number of thioether (sulfide) groups is 1. The monoisotopic (exact) mass is 273 g/mol. The fourth-order valence-corrected chi connectivity index (χ4v) is 3.65. The van der Waals surface area contributed by atoms with Gasteiger partial charge in [0.2, 0.25) is 0 Å². The molecular weight excluding hydrogens is 254 g/mol. The SMILES string of the molecule is c1cn(-c2ccc(CNCC3CCSC3)cc2)cn1. The van der Waals surface area contributed by atoms with Gasteiger partial charge in [-0.3, -0.25) is 0 Å². The topological polar surface area (TPSA) is 29.9 Å². The Morgan fingerprint density at radius 3 is 2.89 bits per heavy atom. The third kappa shape index (κ3) is 3.39. The highest BCUT2D eigenvalue weighted by Gasteiger charge is 2.14. The molecule has 1 aromatic heterocycles. The second-order valence-electron chi connectivity index (χ2n) is 5.00. The molecule has 1 N–H and O–H groups in total. The predicted molar refractivity (Wildman–Crippen MR) is 80.7 cm³/mol. The first kappa shape index (κ1) is 12.8. The Morgan fingerprint density at radius 1 is 1.32 bits per heavy atom. The van der Waals surface area contributed by atoms with Crippen LogP contribution in [0.4, 0.5) is 0 Å². The Balaban J connectivity index is 1.51. The number of aromatic nitrogens is 2. The lowest BCUT2D eigenvalue weighted by atomic mass is 10.1. The highest BCUT2D eigenvalue weighted by atomic mass is 32.2. The third-order valence-corrected chi connectivity index (χ3v) is 4.76. The summed E-state index contributed by atoms with van der Waals surface area (Å²) in [5.41, 5.74) is 2.50. The van der Waals surface area contributed by atoms with Crippen molar-refractivity contribution in [2.24, 2.45) is 5.92 Å². The summed E-state index contributed by atoms with van der Waals surface area (Å²) in [6.45, 7) is 2.11. The molecule has 0 saturated carbocycles. The molecule has 1 atom stereocenters. The quantitative estimate of drug-likeness (QED) is 0.908. The van der Waals surface area contributed by atoms with Crippen LogP contribution in [-0.4, -0.2) is 27.6 Å². The van der Waals surface area contributed by atoms with Gasteiger partial charge in [-0.25, -0.2) is 4.98 Å². The van der Waals surface area contributed by atoms with E-state index in [4.69, 9.17) is 0 Å². The summed E-state index contributed by atoms with van der Waals surface area (Å²) in [5.74, 6) is 3.54. The van der Waals surface area contributed by atoms with Gasteiger partial charge < -0.3 is 9.88 Å². The van der Waals surface area contributed by atoms with Crippen molar-refractivity contribution >= 4 is 11.8 Å². The average molecular weight is 273 g/mol. The van der Waals surface area contributed by atoms with Crippen LogP contribution >= 0.6 is 11.8 Å². The molecule has 1 fully saturated rings. The minimum absolute atomic E-state index is 0.871. The Labute approximate surface area is 118 Å². The molecule has 19 heavy (non-hydrogen) atoms. The fraction of sp³-hybridized carbons (Fsp3) is 0.400. The van der Waals surface area contributed by atoms with Crippen molar-refractivity contribution in [2.45, 2.75) is 13.0 Å². The van der Waals surface area contributed by atoms with Crippen LogP contribution < -0.4 is 5.32 Å². The molecule has 100 valence electrons. The molecule has 2 heterocycles. The number of hydrogen-bond donors (Lipinski definition) is 1. The number of imidazole rings is 1. The number of hydrogen-bond acceptors (Lipinski definition) is 3. The standard InChI is InChI=1S/C15H19N3S/c1-3-15(18-7-6-16-12-18)4-2-13(1)9-17-10-14-5-8-19-11-14/h1-4,6-7,12,14,17H,5,8-11H2. The first-order chi connectivity index (χ1) is 9.42. The molecule has 1 aromatic carbocycles. The zero-order chi connectivity index (χ0) is 12.9. The predicted octanol–water partition coefficient (Wildman–Crippen LogP) is 2.72. The molecule has 0 aliphatic carbocycles. The Bertz CT molecular complexity index is 487. The van der Waals surface area contributed by atoms with E-state index in [1.54, 1.807) is 6.20 Å². The van der Waals surface area contributed by atoms with E-state index in [1.807, 2.05) is 17.1 Å². The largest absolute Gasteiger partial charge is 0.312 e. The summed E-state index contributed by atoms with van der Waals surface area (Å²) in [7, 11) is 0. The minimum atomic E-state index is 0.871. The van der Waals surface area contributed by atoms with E-state index in [1.165, 1.54) is 23.5 Å². The smallest absolute Gasteiger partial charge is 0.0991 e. The summed E-state index contributed by atoms with van der Waals surface area (Å²) in [6, 6.07) is 8.66. The highest BCUT2D eigenvalue weighted by Crippen LogP contribution is 2.22. The second kappa shape index (κ2) is 6.26. The number of nitrogens with zero attached hydrogens (tertiary/aromatic N) is 2. The van der Waals surface area contributed by atoms with Gasteiger partial charge in [0.05, 0.1) is 6.33 Å². The van der Waals surface area contributed by atoms with Crippen LogP contribution in [0.3, 0.4) is 0 Å². The molecule has 2 aromatic rings. The van der Waals surface area contributed by atoms with Crippen molar-refractivity contribution in [2.75, 3.05) is 18.1 Å². The van der Waals surface area contributed by atoms with E-state index < -0.39 is 0 Å². The molecule has 1 saturated heterocycles. The Morgan fingerprint density at radius 2 is 2.21 bits per heavy atom. The number of nitrogens with one attached hydrogen (secondary N) is 1. The minimum Gasteiger partial charge on any atom is -0.312 e. The number of benzene rings is 1. The summed E-state index contributed by atoms with van der Waals surface area (Å²) in [6.07, 6.45) is 6.96. The lowest BCUT2D eigenvalue weighted by Gasteiger charge is -2.10. The second-order valence-corrected chi connectivity index (χ2v) is 6.15. The highest BCUT2D eigenvalue weighted by molar-refractivity contribution is 7.99. The van der Waals surface area contributed by atoms with Gasteiger partial charge in [-0.2, -0.15) is 11.8 Å². The summed E-state index contributed by atoms with van der Waals surface area (Å²) >= 11 is 2.08. The van der Waals surface area contributed by atoms with E-state index in [0.717, 1.165) is 24.7 Å². The van der Waals surface area contributed by atoms with Crippen molar-refractivity contribution in [3.63, 3.8) is 0 Å². The lowest BCUT2D eigenvalue weighted by molar-refractivity contribution is 0.523. The molecule has 1 unspecified atom stereocenters. The first-order valence-corrected chi connectivity index (χ1v) is 7.93. The molecule has 3 rings (SSSR count). The molecule has 3 nitrogen and oxygen atoms in total. The van der Waals surface area contributed by atoms with Crippen molar-refractivity contribution in [3.8, 4) is 5.69 Å². The van der Waals surface area contributed by atoms with Gasteiger partial charge in [0.15, 0.2) is 0 Å². The van der Waals surface area contributed by atoms with Crippen molar-refractivity contribution in [1.29, 1.82) is 0 Å². The molecule has 0 spiro atoms. The molecular formula is C15H19N3S. The average Bonchev–Trinajstić information content (AvgIpc) is 3.13. The van der Waals surface area contributed by atoms with Crippen LogP contribution in [-0.2, 0) is 6.54 Å². The van der Waals surface area contributed by atoms with Gasteiger partial charge in [-0.15, -0.1) is 0 Å². The Kier molecular flexibility index (Phi) is 4.20. The van der Waals surface area contributed by atoms with E-state index in [2.05, 4.69) is 46.3 Å². The third-order valence-electron chi connectivity index (χ3n) is 3.53. The van der Waals surface area contributed by atoms with Gasteiger partial charge in [-0.1, -0.05) is 12.1 Å². The van der Waals surface area contributed by atoms with Gasteiger partial charge in [0, 0.05) is 24.6 Å². The summed E-state index contributed by atoms with van der Waals surface area (Å²) < 4.78 is 2.02. The lowest BCUT2D eigenvalue weighted by Crippen LogP contribution is -2.22. The summed E-state index contributed by atoms with van der Waals surface area (Å²) in [4.78, 5) is 4.06. The zero-order valence-corrected chi connectivity index (χ0v) is 11.8. The maximum Gasteiger partial charge on any atom is 0.0991 e. The van der Waals surface area contributed by atoms with Crippen LogP contribution in [0.15, 0.2) is 43.0 Å². The molecule has 1 aliphatic heterocycles. The molecule has 0 bridgehead atoms. The zero-order valence-electron chi connectivity index (χ0n) is 11.0. The van der Waals surface area contributed by atoms with Crippen LogP contribution in [0, 0.1) is 5.92 Å². The van der Waals surface area contributed by atoms with Gasteiger partial charge in [0.25, 0.3) is 0 Å².